The number of hydrogen-bond donors (Lipinski definition) is 0. The smallest absolute Gasteiger partial charge is 0.225 e. The standard InChI is InChI=1S/C16H29NO/c1-13(2)12-15(14-8-4-3-5-9-14)16(18)17-10-6-7-11-17/h13-15H,3-12H2,1-2H3/t15-/m0/s1. The molecule has 1 amide bonds. The molecule has 0 aromatic carbocycles. The highest BCUT2D eigenvalue weighted by Gasteiger charge is 2.33. The zero-order valence-corrected chi connectivity index (χ0v) is 12.2. The first-order chi connectivity index (χ1) is 8.68. The highest BCUT2D eigenvalue weighted by Crippen LogP contribution is 2.35. The first-order valence-electron chi connectivity index (χ1n) is 7.97. The van der Waals surface area contributed by atoms with E-state index in [-0.39, 0.29) is 0 Å². The van der Waals surface area contributed by atoms with Gasteiger partial charge in [-0.25, -0.2) is 0 Å². The Hall–Kier alpha value is -0.530. The SMILES string of the molecule is CC(C)C[C@H](C(=O)N1CCCC1)C1CCCCC1. The molecule has 2 heteroatoms. The van der Waals surface area contributed by atoms with E-state index in [0.29, 0.717) is 23.7 Å². The second-order valence-electron chi connectivity index (χ2n) is 6.67. The second kappa shape index (κ2) is 6.58. The minimum Gasteiger partial charge on any atom is -0.342 e. The fourth-order valence-corrected chi connectivity index (χ4v) is 3.71. The normalized spacial score (nSPS) is 23.6. The Balaban J connectivity index is 2.00. The van der Waals surface area contributed by atoms with Gasteiger partial charge >= 0.3 is 0 Å². The van der Waals surface area contributed by atoms with Crippen LogP contribution in [0.4, 0.5) is 0 Å². The van der Waals surface area contributed by atoms with Crippen LogP contribution in [0.2, 0.25) is 0 Å². The van der Waals surface area contributed by atoms with Crippen molar-refractivity contribution in [1.29, 1.82) is 0 Å². The van der Waals surface area contributed by atoms with Crippen LogP contribution in [0.1, 0.15) is 65.2 Å². The van der Waals surface area contributed by atoms with Crippen molar-refractivity contribution in [1.82, 2.24) is 4.90 Å². The van der Waals surface area contributed by atoms with E-state index in [4.69, 9.17) is 0 Å². The molecule has 1 aliphatic carbocycles. The average molecular weight is 251 g/mol. The van der Waals surface area contributed by atoms with Gasteiger partial charge in [0.05, 0.1) is 0 Å². The summed E-state index contributed by atoms with van der Waals surface area (Å²) in [5.41, 5.74) is 0. The minimum absolute atomic E-state index is 0.323. The van der Waals surface area contributed by atoms with Crippen molar-refractivity contribution in [2.24, 2.45) is 17.8 Å². The maximum atomic E-state index is 12.7. The lowest BCUT2D eigenvalue weighted by atomic mass is 9.76. The maximum absolute atomic E-state index is 12.7. The second-order valence-corrected chi connectivity index (χ2v) is 6.67. The summed E-state index contributed by atoms with van der Waals surface area (Å²) in [6, 6.07) is 0. The number of amides is 1. The zero-order valence-electron chi connectivity index (χ0n) is 12.2. The van der Waals surface area contributed by atoms with E-state index in [1.54, 1.807) is 0 Å². The molecule has 1 saturated carbocycles. The van der Waals surface area contributed by atoms with Crippen LogP contribution < -0.4 is 0 Å². The fraction of sp³-hybridized carbons (Fsp3) is 0.938. The maximum Gasteiger partial charge on any atom is 0.225 e. The van der Waals surface area contributed by atoms with E-state index in [9.17, 15) is 4.79 Å². The minimum atomic E-state index is 0.323. The first-order valence-corrected chi connectivity index (χ1v) is 7.97. The Morgan fingerprint density at radius 3 is 2.22 bits per heavy atom. The van der Waals surface area contributed by atoms with Gasteiger partial charge in [-0.2, -0.15) is 0 Å². The molecule has 0 radical (unpaired) electrons. The number of carbonyl (C=O) groups is 1. The van der Waals surface area contributed by atoms with Gasteiger partial charge < -0.3 is 4.90 Å². The van der Waals surface area contributed by atoms with Crippen molar-refractivity contribution in [2.75, 3.05) is 13.1 Å². The Kier molecular flexibility index (Phi) is 5.08. The number of hydrogen-bond acceptors (Lipinski definition) is 1. The third kappa shape index (κ3) is 3.49. The molecule has 1 atom stereocenters. The first kappa shape index (κ1) is 13.9. The van der Waals surface area contributed by atoms with E-state index in [2.05, 4.69) is 18.7 Å². The Bertz CT molecular complexity index is 262. The summed E-state index contributed by atoms with van der Waals surface area (Å²) in [7, 11) is 0. The molecule has 2 rings (SSSR count). The van der Waals surface area contributed by atoms with Crippen LogP contribution in [-0.2, 0) is 4.79 Å². The van der Waals surface area contributed by atoms with E-state index < -0.39 is 0 Å². The molecule has 0 spiro atoms. The molecule has 1 heterocycles. The van der Waals surface area contributed by atoms with Crippen molar-refractivity contribution < 1.29 is 4.79 Å². The van der Waals surface area contributed by atoms with Crippen LogP contribution in [-0.4, -0.2) is 23.9 Å². The lowest BCUT2D eigenvalue weighted by Crippen LogP contribution is -2.38. The summed E-state index contributed by atoms with van der Waals surface area (Å²) in [5.74, 6) is 2.12. The van der Waals surface area contributed by atoms with Gasteiger partial charge in [-0.15, -0.1) is 0 Å². The number of carbonyl (C=O) groups excluding carboxylic acids is 1. The molecule has 2 nitrogen and oxygen atoms in total. The van der Waals surface area contributed by atoms with E-state index in [1.807, 2.05) is 0 Å². The molecule has 18 heavy (non-hydrogen) atoms. The van der Waals surface area contributed by atoms with Gasteiger partial charge in [-0.3, -0.25) is 4.79 Å². The van der Waals surface area contributed by atoms with Crippen molar-refractivity contribution >= 4 is 5.91 Å². The van der Waals surface area contributed by atoms with Gasteiger partial charge in [-0.05, 0) is 43.9 Å². The van der Waals surface area contributed by atoms with E-state index in [0.717, 1.165) is 19.5 Å². The van der Waals surface area contributed by atoms with Gasteiger partial charge in [0.15, 0.2) is 0 Å². The molecule has 104 valence electrons. The molecule has 1 saturated heterocycles. The Morgan fingerprint density at radius 1 is 1.06 bits per heavy atom. The summed E-state index contributed by atoms with van der Waals surface area (Å²) in [6.07, 6.45) is 10.2. The number of rotatable bonds is 4. The molecule has 0 aromatic heterocycles. The van der Waals surface area contributed by atoms with Gasteiger partial charge in [0, 0.05) is 19.0 Å². The molecule has 2 fully saturated rings. The molecule has 0 unspecified atom stereocenters. The van der Waals surface area contributed by atoms with Gasteiger partial charge in [0.25, 0.3) is 0 Å². The van der Waals surface area contributed by atoms with Crippen molar-refractivity contribution in [3.63, 3.8) is 0 Å². The third-order valence-corrected chi connectivity index (χ3v) is 4.68. The number of nitrogens with zero attached hydrogens (tertiary/aromatic N) is 1. The summed E-state index contributed by atoms with van der Waals surface area (Å²) in [4.78, 5) is 14.8. The Morgan fingerprint density at radius 2 is 1.67 bits per heavy atom. The van der Waals surface area contributed by atoms with Crippen molar-refractivity contribution in [3.05, 3.63) is 0 Å². The van der Waals surface area contributed by atoms with Crippen LogP contribution in [0.5, 0.6) is 0 Å². The van der Waals surface area contributed by atoms with Crippen LogP contribution in [0.25, 0.3) is 0 Å². The molecule has 0 N–H and O–H groups in total. The summed E-state index contributed by atoms with van der Waals surface area (Å²) >= 11 is 0. The average Bonchev–Trinajstić information content (AvgIpc) is 2.90. The largest absolute Gasteiger partial charge is 0.342 e. The van der Waals surface area contributed by atoms with Crippen LogP contribution in [0, 0.1) is 17.8 Å². The van der Waals surface area contributed by atoms with E-state index in [1.165, 1.54) is 44.9 Å². The van der Waals surface area contributed by atoms with Gasteiger partial charge in [0.2, 0.25) is 5.91 Å². The number of likely N-dealkylation sites (tertiary alicyclic amines) is 1. The fourth-order valence-electron chi connectivity index (χ4n) is 3.71. The Labute approximate surface area is 112 Å². The molecule has 2 aliphatic rings. The summed E-state index contributed by atoms with van der Waals surface area (Å²) in [5, 5.41) is 0. The van der Waals surface area contributed by atoms with Crippen molar-refractivity contribution in [3.8, 4) is 0 Å². The molecule has 0 aromatic rings. The predicted molar refractivity (Wildman–Crippen MR) is 75.3 cm³/mol. The van der Waals surface area contributed by atoms with Crippen molar-refractivity contribution in [2.45, 2.75) is 65.2 Å². The quantitative estimate of drug-likeness (QED) is 0.743. The monoisotopic (exact) mass is 251 g/mol. The zero-order chi connectivity index (χ0) is 13.0. The molecular formula is C16H29NO. The molecule has 1 aliphatic heterocycles. The predicted octanol–water partition coefficient (Wildman–Crippen LogP) is 3.85. The lowest BCUT2D eigenvalue weighted by molar-refractivity contribution is -0.137. The highest BCUT2D eigenvalue weighted by atomic mass is 16.2. The molecule has 0 bridgehead atoms. The summed E-state index contributed by atoms with van der Waals surface area (Å²) < 4.78 is 0. The van der Waals surface area contributed by atoms with E-state index >= 15 is 0 Å². The lowest BCUT2D eigenvalue weighted by Gasteiger charge is -2.33. The highest BCUT2D eigenvalue weighted by molar-refractivity contribution is 5.79. The summed E-state index contributed by atoms with van der Waals surface area (Å²) in [6.45, 7) is 6.54. The van der Waals surface area contributed by atoms with Gasteiger partial charge in [-0.1, -0.05) is 33.1 Å². The van der Waals surface area contributed by atoms with Crippen LogP contribution >= 0.6 is 0 Å². The van der Waals surface area contributed by atoms with Crippen LogP contribution in [0.3, 0.4) is 0 Å². The third-order valence-electron chi connectivity index (χ3n) is 4.68. The van der Waals surface area contributed by atoms with Gasteiger partial charge in [0.1, 0.15) is 0 Å². The molecular weight excluding hydrogens is 222 g/mol. The topological polar surface area (TPSA) is 20.3 Å². The van der Waals surface area contributed by atoms with Crippen LogP contribution in [0.15, 0.2) is 0 Å².